The first-order valence-corrected chi connectivity index (χ1v) is 17.0. The minimum atomic E-state index is -1.78. The smallest absolute Gasteiger partial charge is 0.407 e. The van der Waals surface area contributed by atoms with Crippen LogP contribution in [0.25, 0.3) is 0 Å². The maximum atomic E-state index is 13.0. The average molecular weight is 738 g/mol. The first-order valence-electron chi connectivity index (χ1n) is 15.8. The van der Waals surface area contributed by atoms with Crippen molar-refractivity contribution in [3.8, 4) is 34.8 Å². The molecule has 0 saturated carbocycles. The van der Waals surface area contributed by atoms with Crippen LogP contribution >= 0.6 is 34.8 Å². The molecule has 0 spiro atoms. The van der Waals surface area contributed by atoms with E-state index in [-0.39, 0.29) is 44.9 Å². The van der Waals surface area contributed by atoms with Crippen LogP contribution in [0.3, 0.4) is 0 Å². The Bertz CT molecular complexity index is 1680. The molecule has 1 saturated heterocycles. The lowest BCUT2D eigenvalue weighted by Gasteiger charge is -2.60. The van der Waals surface area contributed by atoms with Gasteiger partial charge >= 0.3 is 6.09 Å². The second kappa shape index (κ2) is 14.1. The third-order valence-electron chi connectivity index (χ3n) is 9.72. The van der Waals surface area contributed by atoms with Crippen molar-refractivity contribution in [2.24, 2.45) is 0 Å². The van der Waals surface area contributed by atoms with Gasteiger partial charge in [-0.3, -0.25) is 9.80 Å². The summed E-state index contributed by atoms with van der Waals surface area (Å²) in [4.78, 5) is 17.4. The fraction of sp³-hybridized carbons (Fsp3) is 0.529. The number of hydrogen-bond acceptors (Lipinski definition) is 11. The molecule has 2 bridgehead atoms. The number of nitriles is 1. The van der Waals surface area contributed by atoms with Gasteiger partial charge in [-0.05, 0) is 44.9 Å². The van der Waals surface area contributed by atoms with Gasteiger partial charge in [0.1, 0.15) is 25.0 Å². The SMILES string of the molecule is C=CCOc1c(C)c2c(c3c1CC1[C@H]4c5c(cc(C)c(OC)c5OCOC)C[C@@H]([C@H](C#N)N1[C@H]3CNC(=O)OCC(Cl)(Cl)Cl)N4C)OCO2. The van der Waals surface area contributed by atoms with Gasteiger partial charge in [-0.15, -0.1) is 0 Å². The molecule has 4 heterocycles. The zero-order chi connectivity index (χ0) is 35.2. The summed E-state index contributed by atoms with van der Waals surface area (Å²) in [7, 11) is 5.24. The van der Waals surface area contributed by atoms with E-state index in [1.807, 2.05) is 20.9 Å². The predicted octanol–water partition coefficient (Wildman–Crippen LogP) is 5.46. The van der Waals surface area contributed by atoms with Crippen molar-refractivity contribution < 1.29 is 38.0 Å². The van der Waals surface area contributed by atoms with Crippen LogP contribution in [0.4, 0.5) is 4.79 Å². The van der Waals surface area contributed by atoms with Crippen molar-refractivity contribution in [2.75, 3.05) is 54.6 Å². The lowest BCUT2D eigenvalue weighted by molar-refractivity contribution is -0.0731. The number of ether oxygens (including phenoxy) is 7. The number of alkyl halides is 3. The summed E-state index contributed by atoms with van der Waals surface area (Å²) in [6.45, 7) is 7.66. The molecule has 6 rings (SSSR count). The number of carbonyl (C=O) groups is 1. The first kappa shape index (κ1) is 35.5. The molecule has 15 heteroatoms. The first-order chi connectivity index (χ1) is 23.4. The fourth-order valence-corrected chi connectivity index (χ4v) is 8.15. The van der Waals surface area contributed by atoms with Crippen LogP contribution in [-0.4, -0.2) is 92.4 Å². The van der Waals surface area contributed by atoms with Gasteiger partial charge in [-0.2, -0.15) is 5.26 Å². The number of likely N-dealkylation sites (N-methyl/N-ethyl adjacent to an activating group) is 1. The Hall–Kier alpha value is -3.31. The standard InChI is InChI=1S/C34H39Cl3N4O8/c1-7-8-45-29-18(3)30-32(49-16-48-30)26-20(29)11-22-27-25-19(9-17(2)28(44-6)31(25)47-15-43-5)10-21(40(27)4)23(12-38)41(22)24(26)13-39-33(42)46-14-34(35,36)37/h7,9,21-24,27H,1,8,10-11,13-16H2,2-6H3,(H,39,42)/t21-,22?,23-,24-,27-/m0/s1. The average Bonchev–Trinajstić information content (AvgIpc) is 3.55. The van der Waals surface area contributed by atoms with Gasteiger partial charge in [-0.25, -0.2) is 4.79 Å². The molecule has 5 atom stereocenters. The van der Waals surface area contributed by atoms with Gasteiger partial charge in [0.25, 0.3) is 0 Å². The molecular formula is C34H39Cl3N4O8. The highest BCUT2D eigenvalue weighted by Crippen LogP contribution is 2.58. The molecule has 1 fully saturated rings. The highest BCUT2D eigenvalue weighted by atomic mass is 35.6. The molecule has 0 aromatic heterocycles. The number of benzene rings is 2. The molecular weight excluding hydrogens is 699 g/mol. The quantitative estimate of drug-likeness (QED) is 0.190. The minimum Gasteiger partial charge on any atom is -0.493 e. The third kappa shape index (κ3) is 6.30. The molecule has 12 nitrogen and oxygen atoms in total. The number of hydrogen-bond donors (Lipinski definition) is 1. The molecule has 49 heavy (non-hydrogen) atoms. The number of alkyl carbamates (subject to hydrolysis) is 1. The lowest BCUT2D eigenvalue weighted by Crippen LogP contribution is -2.68. The summed E-state index contributed by atoms with van der Waals surface area (Å²) < 4.78 is 39.4. The van der Waals surface area contributed by atoms with E-state index >= 15 is 0 Å². The summed E-state index contributed by atoms with van der Waals surface area (Å²) in [5.74, 6) is 2.99. The van der Waals surface area contributed by atoms with Crippen LogP contribution in [-0.2, 0) is 22.3 Å². The highest BCUT2D eigenvalue weighted by molar-refractivity contribution is 6.67. The normalized spacial score (nSPS) is 23.8. The number of amides is 1. The van der Waals surface area contributed by atoms with Crippen LogP contribution in [0.2, 0.25) is 0 Å². The number of carbonyl (C=O) groups excluding carboxylic acids is 1. The lowest BCUT2D eigenvalue weighted by atomic mass is 9.71. The van der Waals surface area contributed by atoms with Crippen molar-refractivity contribution in [1.82, 2.24) is 15.1 Å². The molecule has 4 aliphatic rings. The highest BCUT2D eigenvalue weighted by Gasteiger charge is 2.57. The Labute approximate surface area is 300 Å². The number of rotatable bonds is 10. The fourth-order valence-electron chi connectivity index (χ4n) is 7.98. The Kier molecular flexibility index (Phi) is 10.2. The number of nitrogens with zero attached hydrogens (tertiary/aromatic N) is 3. The van der Waals surface area contributed by atoms with Crippen LogP contribution in [0, 0.1) is 25.2 Å². The molecule has 2 aromatic rings. The molecule has 264 valence electrons. The monoisotopic (exact) mass is 736 g/mol. The van der Waals surface area contributed by atoms with E-state index in [9.17, 15) is 10.1 Å². The molecule has 2 aromatic carbocycles. The van der Waals surface area contributed by atoms with Gasteiger partial charge in [0, 0.05) is 48.0 Å². The summed E-state index contributed by atoms with van der Waals surface area (Å²) >= 11 is 17.5. The zero-order valence-corrected chi connectivity index (χ0v) is 30.2. The summed E-state index contributed by atoms with van der Waals surface area (Å²) in [5.41, 5.74) is 5.43. The summed E-state index contributed by atoms with van der Waals surface area (Å²) in [6.07, 6.45) is 1.96. The molecule has 1 unspecified atom stereocenters. The molecule has 0 aliphatic carbocycles. The Balaban J connectivity index is 1.55. The number of fused-ring (bicyclic) bond motifs is 9. The number of aryl methyl sites for hydroxylation is 1. The van der Waals surface area contributed by atoms with Crippen LogP contribution in [0.1, 0.15) is 45.5 Å². The van der Waals surface area contributed by atoms with E-state index in [0.29, 0.717) is 41.6 Å². The Morgan fingerprint density at radius 2 is 1.88 bits per heavy atom. The van der Waals surface area contributed by atoms with Crippen LogP contribution in [0.5, 0.6) is 28.7 Å². The van der Waals surface area contributed by atoms with Gasteiger partial charge in [0.05, 0.1) is 25.3 Å². The van der Waals surface area contributed by atoms with Crippen molar-refractivity contribution in [3.05, 3.63) is 52.1 Å². The zero-order valence-electron chi connectivity index (χ0n) is 27.9. The number of methoxy groups -OCH3 is 2. The third-order valence-corrected chi connectivity index (χ3v) is 10.0. The summed E-state index contributed by atoms with van der Waals surface area (Å²) in [5, 5.41) is 13.8. The Morgan fingerprint density at radius 1 is 1.12 bits per heavy atom. The number of halogens is 3. The largest absolute Gasteiger partial charge is 0.493 e. The van der Waals surface area contributed by atoms with E-state index in [2.05, 4.69) is 33.8 Å². The summed E-state index contributed by atoms with van der Waals surface area (Å²) in [6, 6.07) is 2.83. The van der Waals surface area contributed by atoms with Gasteiger partial charge < -0.3 is 38.5 Å². The maximum absolute atomic E-state index is 13.0. The second-order valence-corrected chi connectivity index (χ2v) is 15.0. The van der Waals surface area contributed by atoms with Crippen molar-refractivity contribution in [1.29, 1.82) is 5.26 Å². The molecule has 4 aliphatic heterocycles. The van der Waals surface area contributed by atoms with E-state index in [1.54, 1.807) is 20.3 Å². The maximum Gasteiger partial charge on any atom is 0.407 e. The topological polar surface area (TPSA) is 124 Å². The van der Waals surface area contributed by atoms with Gasteiger partial charge in [0.2, 0.25) is 10.6 Å². The van der Waals surface area contributed by atoms with E-state index in [4.69, 9.17) is 68.0 Å². The van der Waals surface area contributed by atoms with Crippen LogP contribution in [0.15, 0.2) is 18.7 Å². The molecule has 1 amide bonds. The van der Waals surface area contributed by atoms with Crippen molar-refractivity contribution >= 4 is 40.9 Å². The van der Waals surface area contributed by atoms with Gasteiger partial charge in [-0.1, -0.05) is 53.5 Å². The second-order valence-electron chi connectivity index (χ2n) is 12.5. The molecule has 1 N–H and O–H groups in total. The minimum absolute atomic E-state index is 0.0186. The van der Waals surface area contributed by atoms with E-state index in [1.165, 1.54) is 0 Å². The number of piperazine rings is 1. The van der Waals surface area contributed by atoms with E-state index < -0.39 is 28.6 Å². The predicted molar refractivity (Wildman–Crippen MR) is 182 cm³/mol. The van der Waals surface area contributed by atoms with Gasteiger partial charge in [0.15, 0.2) is 29.8 Å². The molecule has 0 radical (unpaired) electrons. The Morgan fingerprint density at radius 3 is 2.55 bits per heavy atom. The van der Waals surface area contributed by atoms with E-state index in [0.717, 1.165) is 33.4 Å². The van der Waals surface area contributed by atoms with Crippen molar-refractivity contribution in [3.63, 3.8) is 0 Å². The van der Waals surface area contributed by atoms with Crippen LogP contribution < -0.4 is 29.0 Å². The van der Waals surface area contributed by atoms with Crippen molar-refractivity contribution in [2.45, 2.75) is 60.7 Å². The number of nitrogens with one attached hydrogen (secondary N) is 1.